The first-order chi connectivity index (χ1) is 11.9. The largest absolute Gasteiger partial charge is 0.357 e. The molecule has 2 aromatic rings. The van der Waals surface area contributed by atoms with Crippen LogP contribution in [-0.2, 0) is 11.3 Å². The molecule has 0 radical (unpaired) electrons. The van der Waals surface area contributed by atoms with Crippen molar-refractivity contribution < 1.29 is 18.5 Å². The van der Waals surface area contributed by atoms with Crippen molar-refractivity contribution in [3.8, 4) is 0 Å². The summed E-state index contributed by atoms with van der Waals surface area (Å²) < 4.78 is 26.1. The molecule has 0 aliphatic heterocycles. The van der Waals surface area contributed by atoms with E-state index in [9.17, 15) is 23.7 Å². The zero-order valence-electron chi connectivity index (χ0n) is 13.5. The van der Waals surface area contributed by atoms with Crippen LogP contribution in [0.3, 0.4) is 0 Å². The molecule has 0 saturated heterocycles. The van der Waals surface area contributed by atoms with Gasteiger partial charge in [0.1, 0.15) is 17.3 Å². The van der Waals surface area contributed by atoms with Crippen molar-refractivity contribution in [2.45, 2.75) is 13.5 Å². The Bertz CT molecular complexity index is 766. The monoisotopic (exact) mass is 349 g/mol. The Labute approximate surface area is 143 Å². The van der Waals surface area contributed by atoms with E-state index in [1.165, 1.54) is 23.1 Å². The number of carbonyl (C=O) groups is 1. The lowest BCUT2D eigenvalue weighted by Gasteiger charge is -2.22. The van der Waals surface area contributed by atoms with Crippen LogP contribution in [-0.4, -0.2) is 23.9 Å². The molecule has 0 unspecified atom stereocenters. The van der Waals surface area contributed by atoms with Crippen LogP contribution in [0, 0.1) is 21.7 Å². The third-order valence-corrected chi connectivity index (χ3v) is 3.59. The van der Waals surface area contributed by atoms with Crippen molar-refractivity contribution in [2.24, 2.45) is 0 Å². The maximum absolute atomic E-state index is 13.2. The van der Waals surface area contributed by atoms with E-state index < -0.39 is 16.4 Å². The van der Waals surface area contributed by atoms with E-state index in [1.54, 1.807) is 19.1 Å². The second-order valence-corrected chi connectivity index (χ2v) is 5.31. The van der Waals surface area contributed by atoms with Gasteiger partial charge in [-0.05, 0) is 36.8 Å². The van der Waals surface area contributed by atoms with E-state index in [1.807, 2.05) is 0 Å². The fourth-order valence-electron chi connectivity index (χ4n) is 2.31. The fourth-order valence-corrected chi connectivity index (χ4v) is 2.31. The van der Waals surface area contributed by atoms with Gasteiger partial charge in [0.15, 0.2) is 0 Å². The summed E-state index contributed by atoms with van der Waals surface area (Å²) in [6.07, 6.45) is 0. The molecule has 0 heterocycles. The van der Waals surface area contributed by atoms with Crippen LogP contribution in [0.2, 0.25) is 0 Å². The smallest absolute Gasteiger partial charge is 0.295 e. The molecular formula is C17H17F2N3O3. The van der Waals surface area contributed by atoms with E-state index in [-0.39, 0.29) is 30.5 Å². The van der Waals surface area contributed by atoms with E-state index in [0.29, 0.717) is 6.54 Å². The molecule has 8 heteroatoms. The third-order valence-electron chi connectivity index (χ3n) is 3.59. The Balaban J connectivity index is 2.05. The summed E-state index contributed by atoms with van der Waals surface area (Å²) in [5.74, 6) is -1.44. The summed E-state index contributed by atoms with van der Waals surface area (Å²) in [5.41, 5.74) is 0.504. The van der Waals surface area contributed by atoms with Gasteiger partial charge in [-0.3, -0.25) is 14.9 Å². The molecule has 0 atom stereocenters. The lowest BCUT2D eigenvalue weighted by Crippen LogP contribution is -2.37. The van der Waals surface area contributed by atoms with Gasteiger partial charge in [-0.2, -0.15) is 0 Å². The minimum Gasteiger partial charge on any atom is -0.357 e. The fraction of sp³-hybridized carbons (Fsp3) is 0.235. The number of amides is 1. The molecule has 0 fully saturated rings. The minimum absolute atomic E-state index is 0.121. The molecule has 6 nitrogen and oxygen atoms in total. The SMILES string of the molecule is CCN(CC(=O)NCc1ccc(F)cc1)c1ccc(F)cc1[N+](=O)[O-]. The number of hydrogen-bond acceptors (Lipinski definition) is 4. The number of halogens is 2. The van der Waals surface area contributed by atoms with Crippen LogP contribution in [0.5, 0.6) is 0 Å². The summed E-state index contributed by atoms with van der Waals surface area (Å²) in [6, 6.07) is 8.92. The summed E-state index contributed by atoms with van der Waals surface area (Å²) in [4.78, 5) is 24.0. The number of nitrogens with zero attached hydrogens (tertiary/aromatic N) is 2. The molecule has 132 valence electrons. The number of hydrogen-bond donors (Lipinski definition) is 1. The number of benzene rings is 2. The normalized spacial score (nSPS) is 10.4. The first kappa shape index (κ1) is 18.3. The number of likely N-dealkylation sites (N-methyl/N-ethyl adjacent to an activating group) is 1. The molecule has 25 heavy (non-hydrogen) atoms. The second kappa shape index (κ2) is 8.18. The quantitative estimate of drug-likeness (QED) is 0.616. The second-order valence-electron chi connectivity index (χ2n) is 5.31. The average Bonchev–Trinajstić information content (AvgIpc) is 2.59. The van der Waals surface area contributed by atoms with E-state index in [2.05, 4.69) is 5.32 Å². The van der Waals surface area contributed by atoms with Crippen molar-refractivity contribution in [1.29, 1.82) is 0 Å². The van der Waals surface area contributed by atoms with Crippen LogP contribution in [0.25, 0.3) is 0 Å². The Morgan fingerprint density at radius 1 is 1.16 bits per heavy atom. The van der Waals surface area contributed by atoms with Crippen LogP contribution in [0.4, 0.5) is 20.2 Å². The molecular weight excluding hydrogens is 332 g/mol. The molecule has 1 N–H and O–H groups in total. The van der Waals surface area contributed by atoms with Crippen LogP contribution in [0.15, 0.2) is 42.5 Å². The Morgan fingerprint density at radius 2 is 1.80 bits per heavy atom. The minimum atomic E-state index is -0.715. The lowest BCUT2D eigenvalue weighted by atomic mass is 10.2. The molecule has 1 amide bonds. The van der Waals surface area contributed by atoms with Gasteiger partial charge >= 0.3 is 0 Å². The number of nitro groups is 1. The van der Waals surface area contributed by atoms with E-state index >= 15 is 0 Å². The Kier molecular flexibility index (Phi) is 5.99. The van der Waals surface area contributed by atoms with Crippen LogP contribution in [0.1, 0.15) is 12.5 Å². The predicted molar refractivity (Wildman–Crippen MR) is 89.2 cm³/mol. The summed E-state index contributed by atoms with van der Waals surface area (Å²) in [6.45, 7) is 2.16. The lowest BCUT2D eigenvalue weighted by molar-refractivity contribution is -0.384. The standard InChI is InChI=1S/C17H17F2N3O3/c1-2-21(15-8-7-14(19)9-16(15)22(24)25)11-17(23)20-10-12-3-5-13(18)6-4-12/h3-9H,2,10-11H2,1H3,(H,20,23). The van der Waals surface area contributed by atoms with Crippen LogP contribution < -0.4 is 10.2 Å². The molecule has 0 aliphatic carbocycles. The van der Waals surface area contributed by atoms with Gasteiger partial charge in [0.2, 0.25) is 5.91 Å². The first-order valence-electron chi connectivity index (χ1n) is 7.60. The highest BCUT2D eigenvalue weighted by Gasteiger charge is 2.21. The topological polar surface area (TPSA) is 75.5 Å². The van der Waals surface area contributed by atoms with Crippen molar-refractivity contribution >= 4 is 17.3 Å². The predicted octanol–water partition coefficient (Wildman–Crippen LogP) is 3.02. The maximum atomic E-state index is 13.2. The summed E-state index contributed by atoms with van der Waals surface area (Å²) in [7, 11) is 0. The van der Waals surface area contributed by atoms with Gasteiger partial charge in [-0.25, -0.2) is 8.78 Å². The summed E-state index contributed by atoms with van der Waals surface area (Å²) >= 11 is 0. The number of anilines is 1. The number of nitrogens with one attached hydrogen (secondary N) is 1. The number of carbonyl (C=O) groups excluding carboxylic acids is 1. The van der Waals surface area contributed by atoms with Gasteiger partial charge in [0.05, 0.1) is 17.5 Å². The highest BCUT2D eigenvalue weighted by molar-refractivity contribution is 5.82. The Hall–Kier alpha value is -3.03. The molecule has 0 bridgehead atoms. The van der Waals surface area contributed by atoms with Crippen molar-refractivity contribution in [1.82, 2.24) is 5.32 Å². The third kappa shape index (κ3) is 4.97. The highest BCUT2D eigenvalue weighted by Crippen LogP contribution is 2.28. The summed E-state index contributed by atoms with van der Waals surface area (Å²) in [5, 5.41) is 13.8. The van der Waals surface area contributed by atoms with Gasteiger partial charge < -0.3 is 10.2 Å². The molecule has 0 spiro atoms. The molecule has 0 saturated carbocycles. The van der Waals surface area contributed by atoms with Crippen molar-refractivity contribution in [2.75, 3.05) is 18.0 Å². The first-order valence-corrected chi connectivity index (χ1v) is 7.60. The average molecular weight is 349 g/mol. The van der Waals surface area contributed by atoms with Crippen molar-refractivity contribution in [3.05, 3.63) is 69.8 Å². The van der Waals surface area contributed by atoms with E-state index in [4.69, 9.17) is 0 Å². The molecule has 0 aliphatic rings. The van der Waals surface area contributed by atoms with Gasteiger partial charge in [0.25, 0.3) is 5.69 Å². The van der Waals surface area contributed by atoms with E-state index in [0.717, 1.165) is 17.7 Å². The number of nitro benzene ring substituents is 1. The zero-order chi connectivity index (χ0) is 18.4. The Morgan fingerprint density at radius 3 is 2.40 bits per heavy atom. The zero-order valence-corrected chi connectivity index (χ0v) is 13.5. The molecule has 2 aromatic carbocycles. The maximum Gasteiger partial charge on any atom is 0.295 e. The highest BCUT2D eigenvalue weighted by atomic mass is 19.1. The molecule has 2 rings (SSSR count). The van der Waals surface area contributed by atoms with Crippen LogP contribution >= 0.6 is 0 Å². The van der Waals surface area contributed by atoms with Gasteiger partial charge in [-0.1, -0.05) is 12.1 Å². The van der Waals surface area contributed by atoms with Gasteiger partial charge in [0, 0.05) is 13.1 Å². The number of rotatable bonds is 7. The van der Waals surface area contributed by atoms with Crippen molar-refractivity contribution in [3.63, 3.8) is 0 Å². The molecule has 0 aromatic heterocycles. The van der Waals surface area contributed by atoms with Gasteiger partial charge in [-0.15, -0.1) is 0 Å².